The van der Waals surface area contributed by atoms with Crippen molar-refractivity contribution in [3.05, 3.63) is 0 Å². The first-order valence-electron chi connectivity index (χ1n) is 8.35. The summed E-state index contributed by atoms with van der Waals surface area (Å²) in [6.45, 7) is 4.33. The summed E-state index contributed by atoms with van der Waals surface area (Å²) in [6.07, 6.45) is 12.0. The Kier molecular flexibility index (Phi) is 15.9. The Labute approximate surface area is 140 Å². The van der Waals surface area contributed by atoms with E-state index < -0.39 is 22.0 Å². The summed E-state index contributed by atoms with van der Waals surface area (Å²) in [6, 6.07) is 0. The molecule has 122 valence electrons. The van der Waals surface area contributed by atoms with Gasteiger partial charge < -0.3 is 0 Å². The standard InChI is InChI=1S/2C8H16O2.Sn/c2*1-2-3-4-5-6-7-8(9)10;/h2*2-7H2,1H3,(H,9,10);/q;;+2/p-2. The first-order chi connectivity index (χ1) is 10.2. The Morgan fingerprint density at radius 1 is 0.667 bits per heavy atom. The Bertz CT molecular complexity index is 243. The van der Waals surface area contributed by atoms with Crippen LogP contribution in [0.2, 0.25) is 0 Å². The average molecular weight is 405 g/mol. The van der Waals surface area contributed by atoms with Crippen molar-refractivity contribution in [2.75, 3.05) is 0 Å². The number of carbonyl (C=O) groups excluding carboxylic acids is 2. The molecule has 0 aromatic heterocycles. The summed E-state index contributed by atoms with van der Waals surface area (Å²) in [5.74, 6) is -0.400. The van der Waals surface area contributed by atoms with E-state index in [2.05, 4.69) is 13.8 Å². The van der Waals surface area contributed by atoms with Crippen molar-refractivity contribution in [1.29, 1.82) is 0 Å². The predicted octanol–water partition coefficient (Wildman–Crippen LogP) is 4.33. The molecule has 0 aliphatic carbocycles. The molecule has 0 N–H and O–H groups in total. The van der Waals surface area contributed by atoms with Crippen LogP contribution in [0.15, 0.2) is 0 Å². The fraction of sp³-hybridized carbons (Fsp3) is 0.875. The van der Waals surface area contributed by atoms with Gasteiger partial charge >= 0.3 is 141 Å². The van der Waals surface area contributed by atoms with Crippen LogP contribution in [0, 0.1) is 0 Å². The van der Waals surface area contributed by atoms with E-state index in [0.29, 0.717) is 12.8 Å². The second-order valence-corrected chi connectivity index (χ2v) is 7.00. The number of rotatable bonds is 14. The van der Waals surface area contributed by atoms with Crippen LogP contribution in [-0.2, 0) is 15.7 Å². The van der Waals surface area contributed by atoms with Gasteiger partial charge in [-0.2, -0.15) is 0 Å². The van der Waals surface area contributed by atoms with Crippen LogP contribution in [0.25, 0.3) is 0 Å². The van der Waals surface area contributed by atoms with Crippen LogP contribution >= 0.6 is 0 Å². The zero-order valence-corrected chi connectivity index (χ0v) is 16.5. The Morgan fingerprint density at radius 2 is 1.05 bits per heavy atom. The van der Waals surface area contributed by atoms with Gasteiger partial charge in [0.25, 0.3) is 0 Å². The van der Waals surface area contributed by atoms with E-state index in [4.69, 9.17) is 6.15 Å². The van der Waals surface area contributed by atoms with Gasteiger partial charge in [-0.15, -0.1) is 0 Å². The molecule has 0 aromatic carbocycles. The quantitative estimate of drug-likeness (QED) is 0.319. The van der Waals surface area contributed by atoms with Crippen LogP contribution in [0.3, 0.4) is 0 Å². The third-order valence-electron chi connectivity index (χ3n) is 3.28. The van der Waals surface area contributed by atoms with Crippen LogP contribution in [0.5, 0.6) is 0 Å². The Hall–Kier alpha value is -0.261. The third kappa shape index (κ3) is 15.9. The van der Waals surface area contributed by atoms with Gasteiger partial charge in [-0.25, -0.2) is 0 Å². The third-order valence-corrected chi connectivity index (χ3v) is 5.06. The molecule has 0 bridgehead atoms. The van der Waals surface area contributed by atoms with Crippen LogP contribution < -0.4 is 0 Å². The van der Waals surface area contributed by atoms with Gasteiger partial charge in [0.2, 0.25) is 0 Å². The molecule has 2 radical (unpaired) electrons. The summed E-state index contributed by atoms with van der Waals surface area (Å²) in [5, 5.41) is 0. The van der Waals surface area contributed by atoms with Crippen molar-refractivity contribution < 1.29 is 15.7 Å². The van der Waals surface area contributed by atoms with E-state index in [1.807, 2.05) is 0 Å². The summed E-state index contributed by atoms with van der Waals surface area (Å²) in [4.78, 5) is 22.8. The van der Waals surface area contributed by atoms with Gasteiger partial charge in [0, 0.05) is 0 Å². The SMILES string of the molecule is CCCCCCCC(=O)[O][Sn][O]C(=O)CCCCCCC. The zero-order chi connectivity index (χ0) is 15.8. The fourth-order valence-corrected chi connectivity index (χ4v) is 3.19. The molecule has 0 spiro atoms. The zero-order valence-electron chi connectivity index (χ0n) is 13.6. The molecule has 0 aliphatic heterocycles. The topological polar surface area (TPSA) is 52.6 Å². The predicted molar refractivity (Wildman–Crippen MR) is 84.7 cm³/mol. The first kappa shape index (κ1) is 20.7. The van der Waals surface area contributed by atoms with E-state index in [-0.39, 0.29) is 11.9 Å². The molecular formula is C16H30O4Sn. The van der Waals surface area contributed by atoms with Crippen molar-refractivity contribution >= 4 is 33.9 Å². The summed E-state index contributed by atoms with van der Waals surface area (Å²) >= 11 is -1.75. The summed E-state index contributed by atoms with van der Waals surface area (Å²) in [5.41, 5.74) is 0. The normalized spacial score (nSPS) is 10.4. The van der Waals surface area contributed by atoms with Gasteiger partial charge in [-0.1, -0.05) is 0 Å². The molecule has 0 heterocycles. The van der Waals surface area contributed by atoms with E-state index in [1.165, 1.54) is 38.5 Å². The van der Waals surface area contributed by atoms with Gasteiger partial charge in [0.15, 0.2) is 0 Å². The number of unbranched alkanes of at least 4 members (excludes halogenated alkanes) is 8. The molecule has 0 rings (SSSR count). The van der Waals surface area contributed by atoms with Crippen LogP contribution in [0.1, 0.15) is 90.9 Å². The fourth-order valence-electron chi connectivity index (χ4n) is 1.96. The number of hydrogen-bond donors (Lipinski definition) is 0. The molecule has 0 unspecified atom stereocenters. The van der Waals surface area contributed by atoms with E-state index in [0.717, 1.165) is 25.7 Å². The van der Waals surface area contributed by atoms with Gasteiger partial charge in [0.1, 0.15) is 0 Å². The average Bonchev–Trinajstić information content (AvgIpc) is 2.47. The molecule has 0 saturated carbocycles. The maximum atomic E-state index is 11.4. The Balaban J connectivity index is 3.34. The first-order valence-corrected chi connectivity index (χ1v) is 10.7. The molecule has 0 amide bonds. The monoisotopic (exact) mass is 406 g/mol. The van der Waals surface area contributed by atoms with Gasteiger partial charge in [-0.3, -0.25) is 0 Å². The molecule has 0 saturated heterocycles. The molecule has 5 heteroatoms. The van der Waals surface area contributed by atoms with E-state index >= 15 is 0 Å². The second kappa shape index (κ2) is 16.1. The summed E-state index contributed by atoms with van der Waals surface area (Å²) < 4.78 is 10.1. The van der Waals surface area contributed by atoms with Crippen LogP contribution in [-0.4, -0.2) is 33.9 Å². The summed E-state index contributed by atoms with van der Waals surface area (Å²) in [7, 11) is 0. The number of carbonyl (C=O) groups is 2. The van der Waals surface area contributed by atoms with E-state index in [9.17, 15) is 9.59 Å². The minimum absolute atomic E-state index is 0.200. The van der Waals surface area contributed by atoms with Gasteiger partial charge in [-0.05, 0) is 0 Å². The Morgan fingerprint density at radius 3 is 1.43 bits per heavy atom. The van der Waals surface area contributed by atoms with Crippen LogP contribution in [0.4, 0.5) is 0 Å². The molecule has 0 fully saturated rings. The second-order valence-electron chi connectivity index (χ2n) is 5.36. The molecule has 0 aliphatic rings. The van der Waals surface area contributed by atoms with Crippen molar-refractivity contribution in [2.24, 2.45) is 0 Å². The van der Waals surface area contributed by atoms with Crippen molar-refractivity contribution in [3.8, 4) is 0 Å². The van der Waals surface area contributed by atoms with Gasteiger partial charge in [0.05, 0.1) is 0 Å². The molecule has 4 nitrogen and oxygen atoms in total. The minimum atomic E-state index is -1.75. The number of hydrogen-bond acceptors (Lipinski definition) is 4. The molecule has 0 aromatic rings. The van der Waals surface area contributed by atoms with Crippen molar-refractivity contribution in [3.63, 3.8) is 0 Å². The van der Waals surface area contributed by atoms with Crippen molar-refractivity contribution in [2.45, 2.75) is 90.9 Å². The molecular weight excluding hydrogens is 375 g/mol. The van der Waals surface area contributed by atoms with E-state index in [1.54, 1.807) is 0 Å². The molecule has 0 atom stereocenters. The molecule has 21 heavy (non-hydrogen) atoms. The van der Waals surface area contributed by atoms with Crippen molar-refractivity contribution in [1.82, 2.24) is 0 Å². The maximum absolute atomic E-state index is 11.4.